The Balaban J connectivity index is 2.52. The molecule has 14 heavy (non-hydrogen) atoms. The Morgan fingerprint density at radius 1 is 1.43 bits per heavy atom. The number of nitrogens with zero attached hydrogens (tertiary/aromatic N) is 3. The van der Waals surface area contributed by atoms with Crippen LogP contribution in [0, 0.1) is 5.82 Å². The van der Waals surface area contributed by atoms with Crippen molar-refractivity contribution in [2.24, 2.45) is 0 Å². The summed E-state index contributed by atoms with van der Waals surface area (Å²) in [4.78, 5) is 3.88. The third-order valence-corrected chi connectivity index (χ3v) is 2.19. The van der Waals surface area contributed by atoms with Gasteiger partial charge in [0, 0.05) is 10.7 Å². The molecular formula is C8H4BrClFN3. The van der Waals surface area contributed by atoms with Gasteiger partial charge in [-0.3, -0.25) is 0 Å². The number of halogens is 3. The molecule has 0 amide bonds. The van der Waals surface area contributed by atoms with Crippen LogP contribution in [0.5, 0.6) is 0 Å². The average molecular weight is 276 g/mol. The number of aromatic nitrogens is 3. The molecule has 2 aromatic rings. The second-order valence-electron chi connectivity index (χ2n) is 2.56. The molecule has 0 aromatic carbocycles. The van der Waals surface area contributed by atoms with Crippen molar-refractivity contribution in [1.29, 1.82) is 0 Å². The summed E-state index contributed by atoms with van der Waals surface area (Å²) >= 11 is 8.77. The van der Waals surface area contributed by atoms with Crippen LogP contribution in [0.15, 0.2) is 29.1 Å². The van der Waals surface area contributed by atoms with Gasteiger partial charge in [-0.15, -0.1) is 0 Å². The molecule has 3 nitrogen and oxygen atoms in total. The zero-order valence-corrected chi connectivity index (χ0v) is 9.13. The van der Waals surface area contributed by atoms with E-state index < -0.39 is 5.82 Å². The van der Waals surface area contributed by atoms with Gasteiger partial charge in [-0.05, 0) is 22.0 Å². The van der Waals surface area contributed by atoms with Gasteiger partial charge in [0.1, 0.15) is 0 Å². The molecule has 0 aliphatic heterocycles. The molecule has 0 aliphatic rings. The highest BCUT2D eigenvalue weighted by Gasteiger charge is 2.07. The van der Waals surface area contributed by atoms with E-state index in [4.69, 9.17) is 11.6 Å². The van der Waals surface area contributed by atoms with Crippen LogP contribution in [0.1, 0.15) is 0 Å². The van der Waals surface area contributed by atoms with Crippen LogP contribution < -0.4 is 0 Å². The maximum Gasteiger partial charge on any atom is 0.189 e. The third-order valence-electron chi connectivity index (χ3n) is 1.56. The number of rotatable bonds is 1. The summed E-state index contributed by atoms with van der Waals surface area (Å²) in [5.74, 6) is -0.334. The standard InChI is InChI=1S/C8H4BrClFN3/c9-5-1-7(11)8(12-2-5)14-4-6(10)3-13-14/h1-4H. The zero-order chi connectivity index (χ0) is 10.1. The Labute approximate surface area is 92.7 Å². The summed E-state index contributed by atoms with van der Waals surface area (Å²) in [5, 5.41) is 4.28. The highest BCUT2D eigenvalue weighted by Crippen LogP contribution is 2.16. The van der Waals surface area contributed by atoms with Crippen LogP contribution in [0.4, 0.5) is 4.39 Å². The van der Waals surface area contributed by atoms with E-state index in [2.05, 4.69) is 26.0 Å². The summed E-state index contributed by atoms with van der Waals surface area (Å²) in [7, 11) is 0. The van der Waals surface area contributed by atoms with E-state index in [0.29, 0.717) is 9.50 Å². The predicted molar refractivity (Wildman–Crippen MR) is 54.0 cm³/mol. The van der Waals surface area contributed by atoms with Gasteiger partial charge in [0.2, 0.25) is 0 Å². The lowest BCUT2D eigenvalue weighted by Crippen LogP contribution is -2.00. The van der Waals surface area contributed by atoms with Crippen LogP contribution in [0.3, 0.4) is 0 Å². The topological polar surface area (TPSA) is 30.7 Å². The van der Waals surface area contributed by atoms with Gasteiger partial charge < -0.3 is 0 Å². The maximum atomic E-state index is 13.3. The fourth-order valence-corrected chi connectivity index (χ4v) is 1.43. The molecule has 0 radical (unpaired) electrons. The Morgan fingerprint density at radius 2 is 2.21 bits per heavy atom. The van der Waals surface area contributed by atoms with Gasteiger partial charge >= 0.3 is 0 Å². The van der Waals surface area contributed by atoms with Gasteiger partial charge in [0.15, 0.2) is 11.6 Å². The lowest BCUT2D eigenvalue weighted by atomic mass is 10.4. The molecule has 0 saturated carbocycles. The molecule has 0 N–H and O–H groups in total. The van der Waals surface area contributed by atoms with Crippen LogP contribution in [0.2, 0.25) is 5.02 Å². The third kappa shape index (κ3) is 1.78. The van der Waals surface area contributed by atoms with Gasteiger partial charge in [-0.1, -0.05) is 11.6 Å². The van der Waals surface area contributed by atoms with Crippen LogP contribution in [-0.4, -0.2) is 14.8 Å². The Kier molecular flexibility index (Phi) is 2.52. The minimum atomic E-state index is -0.459. The van der Waals surface area contributed by atoms with Gasteiger partial charge in [0.25, 0.3) is 0 Å². The molecule has 0 unspecified atom stereocenters. The molecule has 0 bridgehead atoms. The van der Waals surface area contributed by atoms with E-state index in [-0.39, 0.29) is 5.82 Å². The summed E-state index contributed by atoms with van der Waals surface area (Å²) in [6, 6.07) is 1.32. The van der Waals surface area contributed by atoms with E-state index in [9.17, 15) is 4.39 Å². The van der Waals surface area contributed by atoms with E-state index >= 15 is 0 Å². The predicted octanol–water partition coefficient (Wildman–Crippen LogP) is 2.82. The van der Waals surface area contributed by atoms with Crippen molar-refractivity contribution < 1.29 is 4.39 Å². The van der Waals surface area contributed by atoms with E-state index in [1.807, 2.05) is 0 Å². The second-order valence-corrected chi connectivity index (χ2v) is 3.91. The quantitative estimate of drug-likeness (QED) is 0.802. The molecule has 0 atom stereocenters. The molecule has 2 heterocycles. The Bertz CT molecular complexity index is 471. The number of hydrogen-bond acceptors (Lipinski definition) is 2. The smallest absolute Gasteiger partial charge is 0.189 e. The minimum absolute atomic E-state index is 0.125. The van der Waals surface area contributed by atoms with Crippen molar-refractivity contribution in [2.45, 2.75) is 0 Å². The highest BCUT2D eigenvalue weighted by atomic mass is 79.9. The molecular weight excluding hydrogens is 272 g/mol. The van der Waals surface area contributed by atoms with Crippen molar-refractivity contribution in [3.05, 3.63) is 40.0 Å². The van der Waals surface area contributed by atoms with Crippen molar-refractivity contribution in [3.63, 3.8) is 0 Å². The van der Waals surface area contributed by atoms with Crippen molar-refractivity contribution in [2.75, 3.05) is 0 Å². The van der Waals surface area contributed by atoms with Crippen molar-refractivity contribution in [1.82, 2.24) is 14.8 Å². The van der Waals surface area contributed by atoms with E-state index in [1.54, 1.807) is 0 Å². The van der Waals surface area contributed by atoms with Gasteiger partial charge in [-0.2, -0.15) is 5.10 Å². The van der Waals surface area contributed by atoms with E-state index in [1.165, 1.54) is 29.3 Å². The van der Waals surface area contributed by atoms with Crippen molar-refractivity contribution in [3.8, 4) is 5.82 Å². The first-order chi connectivity index (χ1) is 6.66. The Morgan fingerprint density at radius 3 is 2.79 bits per heavy atom. The molecule has 0 aliphatic carbocycles. The molecule has 0 fully saturated rings. The minimum Gasteiger partial charge on any atom is -0.233 e. The number of hydrogen-bond donors (Lipinski definition) is 0. The normalized spacial score (nSPS) is 10.5. The summed E-state index contributed by atoms with van der Waals surface area (Å²) in [6.45, 7) is 0. The van der Waals surface area contributed by atoms with Crippen LogP contribution in [-0.2, 0) is 0 Å². The molecule has 0 saturated heterocycles. The van der Waals surface area contributed by atoms with Crippen molar-refractivity contribution >= 4 is 27.5 Å². The zero-order valence-electron chi connectivity index (χ0n) is 6.78. The first kappa shape index (κ1) is 9.61. The fourth-order valence-electron chi connectivity index (χ4n) is 0.993. The molecule has 2 rings (SSSR count). The first-order valence-corrected chi connectivity index (χ1v) is 4.85. The van der Waals surface area contributed by atoms with Gasteiger partial charge in [0.05, 0.1) is 17.4 Å². The SMILES string of the molecule is Fc1cc(Br)cnc1-n1cc(Cl)cn1. The maximum absolute atomic E-state index is 13.3. The lowest BCUT2D eigenvalue weighted by molar-refractivity contribution is 0.599. The van der Waals surface area contributed by atoms with Crippen LogP contribution in [0.25, 0.3) is 5.82 Å². The summed E-state index contributed by atoms with van der Waals surface area (Å²) in [5.41, 5.74) is 0. The van der Waals surface area contributed by atoms with E-state index in [0.717, 1.165) is 0 Å². The number of pyridine rings is 1. The van der Waals surface area contributed by atoms with Crippen LogP contribution >= 0.6 is 27.5 Å². The largest absolute Gasteiger partial charge is 0.233 e. The fraction of sp³-hybridized carbons (Fsp3) is 0. The molecule has 2 aromatic heterocycles. The Hall–Kier alpha value is -0.940. The average Bonchev–Trinajstić information content (AvgIpc) is 2.51. The second kappa shape index (κ2) is 3.67. The highest BCUT2D eigenvalue weighted by molar-refractivity contribution is 9.10. The molecule has 72 valence electrons. The lowest BCUT2D eigenvalue weighted by Gasteiger charge is -2.01. The summed E-state index contributed by atoms with van der Waals surface area (Å²) in [6.07, 6.45) is 4.40. The van der Waals surface area contributed by atoms with Gasteiger partial charge in [-0.25, -0.2) is 14.1 Å². The first-order valence-electron chi connectivity index (χ1n) is 3.68. The summed E-state index contributed by atoms with van der Waals surface area (Å²) < 4.78 is 15.2. The monoisotopic (exact) mass is 275 g/mol. The molecule has 6 heteroatoms. The molecule has 0 spiro atoms.